The predicted octanol–water partition coefficient (Wildman–Crippen LogP) is 2.01. The molecule has 0 aliphatic carbocycles. The Hall–Kier alpha value is -1.63. The van der Waals surface area contributed by atoms with Gasteiger partial charge in [-0.05, 0) is 31.4 Å². The van der Waals surface area contributed by atoms with Gasteiger partial charge in [-0.2, -0.15) is 15.0 Å². The van der Waals surface area contributed by atoms with Crippen molar-refractivity contribution in [2.24, 2.45) is 0 Å². The SMILES string of the molecule is CCNc1nc(Cl)nc(NCCCCCC(=O)O)n1. The quantitative estimate of drug-likeness (QED) is 0.597. The van der Waals surface area contributed by atoms with Crippen LogP contribution in [0.15, 0.2) is 0 Å². The lowest BCUT2D eigenvalue weighted by atomic mass is 10.2. The number of carbonyl (C=O) groups is 1. The molecule has 0 fully saturated rings. The van der Waals surface area contributed by atoms with Crippen molar-refractivity contribution >= 4 is 29.5 Å². The van der Waals surface area contributed by atoms with Gasteiger partial charge in [-0.15, -0.1) is 0 Å². The fraction of sp³-hybridized carbons (Fsp3) is 0.636. The molecule has 0 unspecified atom stereocenters. The van der Waals surface area contributed by atoms with Gasteiger partial charge in [0.25, 0.3) is 0 Å². The van der Waals surface area contributed by atoms with E-state index in [0.717, 1.165) is 12.8 Å². The standard InChI is InChI=1S/C11H18ClN5O2/c1-2-13-10-15-9(12)16-11(17-10)14-7-5-3-4-6-8(18)19/h2-7H2,1H3,(H,18,19)(H2,13,14,15,16,17). The zero-order valence-electron chi connectivity index (χ0n) is 10.8. The molecule has 1 rings (SSSR count). The number of hydrogen-bond acceptors (Lipinski definition) is 6. The van der Waals surface area contributed by atoms with E-state index >= 15 is 0 Å². The van der Waals surface area contributed by atoms with Gasteiger partial charge < -0.3 is 15.7 Å². The van der Waals surface area contributed by atoms with Gasteiger partial charge in [0.2, 0.25) is 17.2 Å². The number of carboxylic acid groups (broad SMARTS) is 1. The van der Waals surface area contributed by atoms with Gasteiger partial charge in [-0.1, -0.05) is 6.42 Å². The Morgan fingerprint density at radius 3 is 2.47 bits per heavy atom. The molecule has 0 bridgehead atoms. The van der Waals surface area contributed by atoms with Crippen LogP contribution in [0.5, 0.6) is 0 Å². The fourth-order valence-electron chi connectivity index (χ4n) is 1.44. The molecule has 106 valence electrons. The van der Waals surface area contributed by atoms with Gasteiger partial charge in [0.05, 0.1) is 0 Å². The summed E-state index contributed by atoms with van der Waals surface area (Å²) in [6.45, 7) is 3.31. The summed E-state index contributed by atoms with van der Waals surface area (Å²) in [4.78, 5) is 22.4. The van der Waals surface area contributed by atoms with E-state index in [-0.39, 0.29) is 11.7 Å². The maximum absolute atomic E-state index is 10.3. The molecule has 8 heteroatoms. The third-order valence-electron chi connectivity index (χ3n) is 2.29. The van der Waals surface area contributed by atoms with Gasteiger partial charge in [0.15, 0.2) is 0 Å². The van der Waals surface area contributed by atoms with Crippen molar-refractivity contribution < 1.29 is 9.90 Å². The Morgan fingerprint density at radius 2 is 1.84 bits per heavy atom. The number of aliphatic carboxylic acids is 1. The number of hydrogen-bond donors (Lipinski definition) is 3. The number of nitrogens with zero attached hydrogens (tertiary/aromatic N) is 3. The second-order valence-electron chi connectivity index (χ2n) is 3.91. The maximum atomic E-state index is 10.3. The molecule has 7 nitrogen and oxygen atoms in total. The average molecular weight is 288 g/mol. The number of anilines is 2. The van der Waals surface area contributed by atoms with E-state index in [1.54, 1.807) is 0 Å². The first-order valence-electron chi connectivity index (χ1n) is 6.23. The normalized spacial score (nSPS) is 10.2. The zero-order chi connectivity index (χ0) is 14.1. The van der Waals surface area contributed by atoms with E-state index in [4.69, 9.17) is 16.7 Å². The molecule has 0 aliphatic heterocycles. The molecule has 3 N–H and O–H groups in total. The lowest BCUT2D eigenvalue weighted by Gasteiger charge is -2.07. The van der Waals surface area contributed by atoms with Gasteiger partial charge in [-0.25, -0.2) is 0 Å². The summed E-state index contributed by atoms with van der Waals surface area (Å²) in [6, 6.07) is 0. The molecule has 0 saturated heterocycles. The lowest BCUT2D eigenvalue weighted by molar-refractivity contribution is -0.137. The zero-order valence-corrected chi connectivity index (χ0v) is 11.6. The van der Waals surface area contributed by atoms with Crippen LogP contribution in [0.1, 0.15) is 32.6 Å². The van der Waals surface area contributed by atoms with Crippen LogP contribution in [0.4, 0.5) is 11.9 Å². The first kappa shape index (κ1) is 15.4. The van der Waals surface area contributed by atoms with E-state index < -0.39 is 5.97 Å². The van der Waals surface area contributed by atoms with Crippen molar-refractivity contribution in [1.29, 1.82) is 0 Å². The van der Waals surface area contributed by atoms with Gasteiger partial charge in [0.1, 0.15) is 0 Å². The molecule has 0 aliphatic rings. The Balaban J connectivity index is 2.30. The first-order valence-corrected chi connectivity index (χ1v) is 6.60. The van der Waals surface area contributed by atoms with Gasteiger partial charge in [-0.3, -0.25) is 4.79 Å². The van der Waals surface area contributed by atoms with Gasteiger partial charge >= 0.3 is 5.97 Å². The van der Waals surface area contributed by atoms with Crippen molar-refractivity contribution in [3.8, 4) is 0 Å². The minimum atomic E-state index is -0.757. The minimum absolute atomic E-state index is 0.138. The Bertz CT molecular complexity index is 416. The third kappa shape index (κ3) is 6.76. The van der Waals surface area contributed by atoms with E-state index in [0.29, 0.717) is 31.4 Å². The molecular weight excluding hydrogens is 270 g/mol. The molecule has 1 heterocycles. The molecule has 0 aromatic carbocycles. The summed E-state index contributed by atoms with van der Waals surface area (Å²) < 4.78 is 0. The van der Waals surface area contributed by atoms with Crippen molar-refractivity contribution in [1.82, 2.24) is 15.0 Å². The molecular formula is C11H18ClN5O2. The van der Waals surface area contributed by atoms with Crippen molar-refractivity contribution in [2.75, 3.05) is 23.7 Å². The molecule has 0 amide bonds. The summed E-state index contributed by atoms with van der Waals surface area (Å²) in [6.07, 6.45) is 2.59. The van der Waals surface area contributed by atoms with Crippen molar-refractivity contribution in [3.63, 3.8) is 0 Å². The van der Waals surface area contributed by atoms with E-state index in [1.807, 2.05) is 6.92 Å². The number of aromatic nitrogens is 3. The van der Waals surface area contributed by atoms with Crippen molar-refractivity contribution in [2.45, 2.75) is 32.6 Å². The van der Waals surface area contributed by atoms with Crippen LogP contribution < -0.4 is 10.6 Å². The molecule has 19 heavy (non-hydrogen) atoms. The molecule has 0 radical (unpaired) electrons. The average Bonchev–Trinajstić information content (AvgIpc) is 2.33. The highest BCUT2D eigenvalue weighted by Crippen LogP contribution is 2.09. The Kier molecular flexibility index (Phi) is 6.88. The summed E-state index contributed by atoms with van der Waals surface area (Å²) in [5.74, 6) is 0.109. The predicted molar refractivity (Wildman–Crippen MR) is 73.6 cm³/mol. The Labute approximate surface area is 116 Å². The number of carboxylic acids is 1. The second kappa shape index (κ2) is 8.47. The topological polar surface area (TPSA) is 100 Å². The van der Waals surface area contributed by atoms with Crippen LogP contribution in [0.2, 0.25) is 5.28 Å². The van der Waals surface area contributed by atoms with Gasteiger partial charge in [0, 0.05) is 19.5 Å². The smallest absolute Gasteiger partial charge is 0.303 e. The van der Waals surface area contributed by atoms with E-state index in [1.165, 1.54) is 0 Å². The lowest BCUT2D eigenvalue weighted by Crippen LogP contribution is -2.10. The van der Waals surface area contributed by atoms with Crippen LogP contribution >= 0.6 is 11.6 Å². The molecule has 1 aromatic heterocycles. The highest BCUT2D eigenvalue weighted by molar-refractivity contribution is 6.28. The second-order valence-corrected chi connectivity index (χ2v) is 4.25. The van der Waals surface area contributed by atoms with Crippen LogP contribution in [-0.4, -0.2) is 39.1 Å². The molecule has 0 spiro atoms. The highest BCUT2D eigenvalue weighted by atomic mass is 35.5. The third-order valence-corrected chi connectivity index (χ3v) is 2.46. The summed E-state index contributed by atoms with van der Waals surface area (Å²) in [5, 5.41) is 14.6. The highest BCUT2D eigenvalue weighted by Gasteiger charge is 2.03. The van der Waals surface area contributed by atoms with Crippen LogP contribution in [0, 0.1) is 0 Å². The molecule has 1 aromatic rings. The number of unbranched alkanes of at least 4 members (excludes halogenated alkanes) is 2. The maximum Gasteiger partial charge on any atom is 0.303 e. The Morgan fingerprint density at radius 1 is 1.16 bits per heavy atom. The largest absolute Gasteiger partial charge is 0.481 e. The minimum Gasteiger partial charge on any atom is -0.481 e. The van der Waals surface area contributed by atoms with E-state index in [2.05, 4.69) is 25.6 Å². The number of nitrogens with one attached hydrogen (secondary N) is 2. The van der Waals surface area contributed by atoms with Crippen molar-refractivity contribution in [3.05, 3.63) is 5.28 Å². The first-order chi connectivity index (χ1) is 9.11. The summed E-state index contributed by atoms with van der Waals surface area (Å²) in [7, 11) is 0. The summed E-state index contributed by atoms with van der Waals surface area (Å²) >= 11 is 5.78. The van der Waals surface area contributed by atoms with Crippen LogP contribution in [0.3, 0.4) is 0 Å². The fourth-order valence-corrected chi connectivity index (χ4v) is 1.60. The van der Waals surface area contributed by atoms with Crippen LogP contribution in [-0.2, 0) is 4.79 Å². The van der Waals surface area contributed by atoms with E-state index in [9.17, 15) is 4.79 Å². The monoisotopic (exact) mass is 287 g/mol. The molecule has 0 atom stereocenters. The molecule has 0 saturated carbocycles. The van der Waals surface area contributed by atoms with Crippen LogP contribution in [0.25, 0.3) is 0 Å². The summed E-state index contributed by atoms with van der Waals surface area (Å²) in [5.41, 5.74) is 0. The number of rotatable bonds is 9. The number of halogens is 1.